The summed E-state index contributed by atoms with van der Waals surface area (Å²) in [6, 6.07) is 6.43. The van der Waals surface area contributed by atoms with Crippen LogP contribution >= 0.6 is 0 Å². The van der Waals surface area contributed by atoms with E-state index in [2.05, 4.69) is 22.7 Å². The summed E-state index contributed by atoms with van der Waals surface area (Å²) in [5.74, 6) is -0.276. The fraction of sp³-hybridized carbons (Fsp3) is 0.690. The van der Waals surface area contributed by atoms with Gasteiger partial charge in [-0.15, -0.1) is 0 Å². The number of carbonyl (C=O) groups excluding carboxylic acids is 3. The van der Waals surface area contributed by atoms with Gasteiger partial charge in [-0.05, 0) is 42.2 Å². The van der Waals surface area contributed by atoms with E-state index < -0.39 is 23.6 Å². The molecule has 0 saturated heterocycles. The molecule has 10 heteroatoms. The second-order valence-corrected chi connectivity index (χ2v) is 11.8. The topological polar surface area (TPSA) is 150 Å². The molecule has 1 aliphatic heterocycles. The van der Waals surface area contributed by atoms with E-state index >= 15 is 0 Å². The SMILES string of the molecule is CCCCNC(=O)[C@@H](C[C@H](N)[C@H](CC(C)(C)CC(=O)N1C[C@H](NC(=O)OC)Cc2ccccc21)[NH+]=[N-])C(C)C. The monoisotopic (exact) mass is 544 g/mol. The van der Waals surface area contributed by atoms with Gasteiger partial charge in [0.25, 0.3) is 0 Å². The highest BCUT2D eigenvalue weighted by Crippen LogP contribution is 2.33. The second-order valence-electron chi connectivity index (χ2n) is 11.8. The molecular formula is C29H48N6O4. The summed E-state index contributed by atoms with van der Waals surface area (Å²) in [6.07, 6.45) is 3.05. The Bertz CT molecular complexity index is 982. The summed E-state index contributed by atoms with van der Waals surface area (Å²) in [4.78, 5) is 40.0. The number of fused-ring (bicyclic) bond motifs is 1. The molecule has 2 rings (SSSR count). The smallest absolute Gasteiger partial charge is 0.407 e. The summed E-state index contributed by atoms with van der Waals surface area (Å²) in [5.41, 5.74) is 17.8. The number of benzene rings is 1. The van der Waals surface area contributed by atoms with Gasteiger partial charge in [-0.3, -0.25) is 9.59 Å². The second kappa shape index (κ2) is 15.0. The van der Waals surface area contributed by atoms with Crippen molar-refractivity contribution >= 4 is 23.6 Å². The predicted octanol–water partition coefficient (Wildman–Crippen LogP) is 2.48. The Kier molecular flexibility index (Phi) is 12.3. The van der Waals surface area contributed by atoms with Crippen LogP contribution < -0.4 is 26.4 Å². The van der Waals surface area contributed by atoms with Crippen LogP contribution in [0.3, 0.4) is 0 Å². The number of rotatable bonds is 14. The molecule has 0 unspecified atom stereocenters. The van der Waals surface area contributed by atoms with Crippen LogP contribution in [0.5, 0.6) is 0 Å². The van der Waals surface area contributed by atoms with Crippen LogP contribution in [0.4, 0.5) is 10.5 Å². The maximum Gasteiger partial charge on any atom is 0.407 e. The fourth-order valence-electron chi connectivity index (χ4n) is 5.28. The zero-order valence-electron chi connectivity index (χ0n) is 24.5. The minimum atomic E-state index is -0.531. The van der Waals surface area contributed by atoms with Gasteiger partial charge in [-0.2, -0.15) is 0 Å². The van der Waals surface area contributed by atoms with Gasteiger partial charge in [0.05, 0.1) is 19.2 Å². The molecule has 4 atom stereocenters. The summed E-state index contributed by atoms with van der Waals surface area (Å²) < 4.78 is 4.76. The Morgan fingerprint density at radius 2 is 1.95 bits per heavy atom. The van der Waals surface area contributed by atoms with Crippen molar-refractivity contribution in [2.75, 3.05) is 25.1 Å². The van der Waals surface area contributed by atoms with Gasteiger partial charge in [0.2, 0.25) is 11.8 Å². The number of alkyl carbamates (subject to hydrolysis) is 1. The van der Waals surface area contributed by atoms with Crippen LogP contribution in [-0.4, -0.2) is 56.2 Å². The lowest BCUT2D eigenvalue weighted by molar-refractivity contribution is -0.533. The third kappa shape index (κ3) is 9.60. The van der Waals surface area contributed by atoms with Crippen LogP contribution in [0.15, 0.2) is 24.3 Å². The van der Waals surface area contributed by atoms with Gasteiger partial charge in [0, 0.05) is 37.5 Å². The Morgan fingerprint density at radius 1 is 1.26 bits per heavy atom. The molecule has 0 radical (unpaired) electrons. The number of carbonyl (C=O) groups is 3. The average molecular weight is 545 g/mol. The minimum Gasteiger partial charge on any atom is -0.508 e. The van der Waals surface area contributed by atoms with E-state index in [0.717, 1.165) is 24.1 Å². The van der Waals surface area contributed by atoms with Crippen LogP contribution in [0.2, 0.25) is 0 Å². The highest BCUT2D eigenvalue weighted by molar-refractivity contribution is 5.95. The number of para-hydroxylation sites is 1. The number of amides is 3. The van der Waals surface area contributed by atoms with Crippen LogP contribution in [0.25, 0.3) is 5.53 Å². The van der Waals surface area contributed by atoms with Crippen molar-refractivity contribution < 1.29 is 24.2 Å². The fourth-order valence-corrected chi connectivity index (χ4v) is 5.28. The van der Waals surface area contributed by atoms with Gasteiger partial charge in [-0.1, -0.05) is 59.2 Å². The summed E-state index contributed by atoms with van der Waals surface area (Å²) in [5, 5.41) is 8.18. The Morgan fingerprint density at radius 3 is 2.56 bits per heavy atom. The lowest BCUT2D eigenvalue weighted by Gasteiger charge is -2.37. The van der Waals surface area contributed by atoms with E-state index in [1.54, 1.807) is 4.90 Å². The number of ether oxygens (including phenoxy) is 1. The van der Waals surface area contributed by atoms with Crippen LogP contribution in [-0.2, 0) is 20.7 Å². The van der Waals surface area contributed by atoms with E-state index in [9.17, 15) is 19.9 Å². The number of methoxy groups -OCH3 is 1. The molecule has 1 aromatic carbocycles. The molecule has 0 aromatic heterocycles. The molecular weight excluding hydrogens is 496 g/mol. The van der Waals surface area contributed by atoms with Gasteiger partial charge in [0.1, 0.15) is 0 Å². The molecule has 1 heterocycles. The van der Waals surface area contributed by atoms with Gasteiger partial charge < -0.3 is 36.6 Å². The molecule has 0 bridgehead atoms. The summed E-state index contributed by atoms with van der Waals surface area (Å²) in [6.45, 7) is 11.0. The van der Waals surface area contributed by atoms with Crippen LogP contribution in [0.1, 0.15) is 72.3 Å². The first-order valence-corrected chi connectivity index (χ1v) is 14.1. The zero-order valence-corrected chi connectivity index (χ0v) is 24.5. The van der Waals surface area contributed by atoms with Crippen molar-refractivity contribution in [3.8, 4) is 0 Å². The minimum absolute atomic E-state index is 0.0149. The molecule has 0 fully saturated rings. The quantitative estimate of drug-likeness (QED) is 0.210. The normalized spacial score (nSPS) is 17.5. The number of nitrogens with two attached hydrogens (primary N) is 1. The Balaban J connectivity index is 2.10. The van der Waals surface area contributed by atoms with Gasteiger partial charge in [-0.25, -0.2) is 4.79 Å². The maximum absolute atomic E-state index is 13.6. The predicted molar refractivity (Wildman–Crippen MR) is 152 cm³/mol. The maximum atomic E-state index is 13.6. The van der Waals surface area contributed by atoms with E-state index in [-0.39, 0.29) is 36.1 Å². The lowest BCUT2D eigenvalue weighted by Crippen LogP contribution is -2.78. The standard InChI is InChI=1S/C29H48N6O4/c1-7-8-13-32-27(37)22(19(2)3)15-23(30)24(34-31)16-29(4,5)17-26(36)35-18-21(33-28(38)39-6)14-20-11-9-10-12-25(20)35/h9-12,19,21-24,34H,7-8,13-18,30H2,1-6H3,(H,32,37)(H,33,38)/t21-,22+,23+,24+/m1/s1. The molecule has 3 amide bonds. The average Bonchev–Trinajstić information content (AvgIpc) is 2.89. The molecule has 218 valence electrons. The van der Waals surface area contributed by atoms with Crippen molar-refractivity contribution in [1.29, 1.82) is 0 Å². The number of nitrogens with one attached hydrogen (secondary N) is 3. The van der Waals surface area contributed by atoms with E-state index in [4.69, 9.17) is 10.5 Å². The highest BCUT2D eigenvalue weighted by Gasteiger charge is 2.37. The van der Waals surface area contributed by atoms with Crippen molar-refractivity contribution in [3.05, 3.63) is 35.4 Å². The molecule has 0 aliphatic carbocycles. The first-order chi connectivity index (χ1) is 18.4. The lowest BCUT2D eigenvalue weighted by atomic mass is 9.78. The molecule has 39 heavy (non-hydrogen) atoms. The third-order valence-corrected chi connectivity index (χ3v) is 7.54. The van der Waals surface area contributed by atoms with Crippen LogP contribution in [0, 0.1) is 17.3 Å². The molecule has 5 N–H and O–H groups in total. The van der Waals surface area contributed by atoms with Crippen molar-refractivity contribution in [3.63, 3.8) is 0 Å². The first-order valence-electron chi connectivity index (χ1n) is 14.1. The Hall–Kier alpha value is -3.01. The molecule has 1 aliphatic rings. The third-order valence-electron chi connectivity index (χ3n) is 7.54. The number of unbranched alkanes of at least 4 members (excludes halogenated alkanes) is 1. The van der Waals surface area contributed by atoms with Crippen molar-refractivity contribution in [2.24, 2.45) is 23.0 Å². The van der Waals surface area contributed by atoms with Crippen molar-refractivity contribution in [2.45, 2.75) is 91.3 Å². The van der Waals surface area contributed by atoms with Gasteiger partial charge >= 0.3 is 6.09 Å². The first kappa shape index (κ1) is 32.2. The summed E-state index contributed by atoms with van der Waals surface area (Å²) in [7, 11) is 1.32. The molecule has 1 aromatic rings. The number of hydrogen-bond donors (Lipinski definition) is 4. The molecule has 10 nitrogen and oxygen atoms in total. The summed E-state index contributed by atoms with van der Waals surface area (Å²) >= 11 is 0. The van der Waals surface area contributed by atoms with E-state index in [0.29, 0.717) is 32.4 Å². The molecule has 0 saturated carbocycles. The highest BCUT2D eigenvalue weighted by atomic mass is 16.5. The number of hydrogen-bond acceptors (Lipinski definition) is 5. The van der Waals surface area contributed by atoms with Crippen molar-refractivity contribution in [1.82, 2.24) is 10.6 Å². The van der Waals surface area contributed by atoms with Gasteiger partial charge in [0.15, 0.2) is 6.04 Å². The number of anilines is 1. The molecule has 0 spiro atoms. The van der Waals surface area contributed by atoms with E-state index in [1.165, 1.54) is 7.11 Å². The Labute approximate surface area is 233 Å². The largest absolute Gasteiger partial charge is 0.508 e. The number of nitrogens with zero attached hydrogens (tertiary/aromatic N) is 2. The van der Waals surface area contributed by atoms with E-state index in [1.807, 2.05) is 52.0 Å². The zero-order chi connectivity index (χ0) is 29.2.